The number of nitrogens with zero attached hydrogens (tertiary/aromatic N) is 6. The largest absolute Gasteiger partial charge is 0.481 e. The van der Waals surface area contributed by atoms with Crippen molar-refractivity contribution in [1.82, 2.24) is 40.4 Å². The molecule has 5 heterocycles. The van der Waals surface area contributed by atoms with Crippen LogP contribution in [-0.2, 0) is 0 Å². The lowest BCUT2D eigenvalue weighted by Gasteiger charge is -2.13. The number of aromatic nitrogens is 7. The van der Waals surface area contributed by atoms with Crippen molar-refractivity contribution >= 4 is 17.4 Å². The van der Waals surface area contributed by atoms with Crippen molar-refractivity contribution in [3.63, 3.8) is 0 Å². The Morgan fingerprint density at radius 1 is 0.950 bits per heavy atom. The van der Waals surface area contributed by atoms with Crippen LogP contribution in [0.5, 0.6) is 5.88 Å². The minimum absolute atomic E-state index is 0.224. The SMILES string of the molecule is COc1ccc(-c2ccc(C(C)NC(=O)c3ccc(-c4nc(C)cc(Nc5cc[nH]c(=O)c5)n4)cn3)nn2)cn1. The number of carbonyl (C=O) groups excluding carboxylic acids is 1. The highest BCUT2D eigenvalue weighted by Gasteiger charge is 2.15. The van der Waals surface area contributed by atoms with E-state index in [0.717, 1.165) is 11.3 Å². The Morgan fingerprint density at radius 3 is 2.45 bits per heavy atom. The first kappa shape index (κ1) is 26.1. The van der Waals surface area contributed by atoms with Gasteiger partial charge in [0.05, 0.1) is 24.5 Å². The van der Waals surface area contributed by atoms with Gasteiger partial charge in [-0.1, -0.05) is 0 Å². The number of hydrogen-bond acceptors (Lipinski definition) is 10. The summed E-state index contributed by atoms with van der Waals surface area (Å²) in [7, 11) is 1.56. The fourth-order valence-electron chi connectivity index (χ4n) is 3.82. The standard InChI is InChI=1S/C28H25N9O3/c1-16-12-24(34-20-10-11-29-25(38)13-20)35-27(32-16)19-4-6-23(30-15-19)28(39)33-17(2)21-7-8-22(37-36-21)18-5-9-26(40-3)31-14-18/h4-15,17H,1-3H3,(H,33,39)(H2,29,32,34,35,38). The highest BCUT2D eigenvalue weighted by atomic mass is 16.5. The molecule has 0 saturated heterocycles. The van der Waals surface area contributed by atoms with E-state index in [2.05, 4.69) is 45.8 Å². The summed E-state index contributed by atoms with van der Waals surface area (Å²) in [6.07, 6.45) is 4.76. The number of nitrogens with one attached hydrogen (secondary N) is 3. The van der Waals surface area contributed by atoms with Crippen LogP contribution in [0.2, 0.25) is 0 Å². The second-order valence-corrected chi connectivity index (χ2v) is 8.84. The third-order valence-corrected chi connectivity index (χ3v) is 5.87. The Morgan fingerprint density at radius 2 is 1.77 bits per heavy atom. The fraction of sp³-hybridized carbons (Fsp3) is 0.143. The van der Waals surface area contributed by atoms with E-state index in [-0.39, 0.29) is 17.2 Å². The lowest BCUT2D eigenvalue weighted by atomic mass is 10.1. The molecular weight excluding hydrogens is 510 g/mol. The van der Waals surface area contributed by atoms with Crippen LogP contribution >= 0.6 is 0 Å². The van der Waals surface area contributed by atoms with E-state index < -0.39 is 6.04 Å². The summed E-state index contributed by atoms with van der Waals surface area (Å²) in [5.41, 5.74) is 4.03. The first-order valence-electron chi connectivity index (χ1n) is 12.3. The Bertz CT molecular complexity index is 1690. The molecule has 40 heavy (non-hydrogen) atoms. The minimum Gasteiger partial charge on any atom is -0.481 e. The third-order valence-electron chi connectivity index (χ3n) is 5.87. The maximum atomic E-state index is 12.9. The molecule has 1 amide bonds. The van der Waals surface area contributed by atoms with E-state index in [1.54, 1.807) is 62.1 Å². The number of amides is 1. The first-order chi connectivity index (χ1) is 19.4. The van der Waals surface area contributed by atoms with E-state index >= 15 is 0 Å². The lowest BCUT2D eigenvalue weighted by molar-refractivity contribution is 0.0934. The Balaban J connectivity index is 1.25. The monoisotopic (exact) mass is 535 g/mol. The number of aromatic amines is 1. The molecule has 5 rings (SSSR count). The van der Waals surface area contributed by atoms with Crippen molar-refractivity contribution in [2.75, 3.05) is 12.4 Å². The van der Waals surface area contributed by atoms with Gasteiger partial charge in [-0.15, -0.1) is 0 Å². The topological polar surface area (TPSA) is 161 Å². The van der Waals surface area contributed by atoms with Gasteiger partial charge < -0.3 is 20.4 Å². The molecule has 0 aromatic carbocycles. The number of H-pyrrole nitrogens is 1. The third kappa shape index (κ3) is 6.13. The van der Waals surface area contributed by atoms with Gasteiger partial charge in [-0.2, -0.15) is 10.2 Å². The number of rotatable bonds is 8. The second-order valence-electron chi connectivity index (χ2n) is 8.84. The molecule has 200 valence electrons. The summed E-state index contributed by atoms with van der Waals surface area (Å²) in [5.74, 6) is 1.12. The van der Waals surface area contributed by atoms with Crippen molar-refractivity contribution in [3.8, 4) is 28.5 Å². The van der Waals surface area contributed by atoms with Crippen molar-refractivity contribution < 1.29 is 9.53 Å². The van der Waals surface area contributed by atoms with E-state index in [4.69, 9.17) is 4.74 Å². The molecule has 12 nitrogen and oxygen atoms in total. The van der Waals surface area contributed by atoms with E-state index in [1.165, 1.54) is 6.07 Å². The number of pyridine rings is 3. The van der Waals surface area contributed by atoms with Gasteiger partial charge in [-0.05, 0) is 50.2 Å². The number of ether oxygens (including phenoxy) is 1. The van der Waals surface area contributed by atoms with Crippen LogP contribution in [0.1, 0.15) is 34.8 Å². The molecule has 1 unspecified atom stereocenters. The minimum atomic E-state index is -0.400. The summed E-state index contributed by atoms with van der Waals surface area (Å²) >= 11 is 0. The van der Waals surface area contributed by atoms with Crippen molar-refractivity contribution in [1.29, 1.82) is 0 Å². The van der Waals surface area contributed by atoms with Gasteiger partial charge in [-0.25, -0.2) is 15.0 Å². The van der Waals surface area contributed by atoms with Gasteiger partial charge >= 0.3 is 0 Å². The number of aryl methyl sites for hydroxylation is 1. The number of hydrogen-bond donors (Lipinski definition) is 3. The van der Waals surface area contributed by atoms with Crippen LogP contribution in [0.4, 0.5) is 11.5 Å². The van der Waals surface area contributed by atoms with Crippen LogP contribution in [0, 0.1) is 6.92 Å². The van der Waals surface area contributed by atoms with Crippen LogP contribution in [-0.4, -0.2) is 48.1 Å². The molecule has 0 spiro atoms. The van der Waals surface area contributed by atoms with Crippen molar-refractivity contribution in [3.05, 3.63) is 101 Å². The fourth-order valence-corrected chi connectivity index (χ4v) is 3.82. The van der Waals surface area contributed by atoms with Crippen LogP contribution in [0.15, 0.2) is 78.0 Å². The van der Waals surface area contributed by atoms with Gasteiger partial charge in [0.2, 0.25) is 11.4 Å². The quantitative estimate of drug-likeness (QED) is 0.268. The predicted molar refractivity (Wildman–Crippen MR) is 148 cm³/mol. The Hall–Kier alpha value is -5.52. The predicted octanol–water partition coefficient (Wildman–Crippen LogP) is 3.63. The molecule has 3 N–H and O–H groups in total. The summed E-state index contributed by atoms with van der Waals surface area (Å²) in [4.78, 5) is 44.5. The molecule has 1 atom stereocenters. The highest BCUT2D eigenvalue weighted by molar-refractivity contribution is 5.92. The molecule has 0 bridgehead atoms. The van der Waals surface area contributed by atoms with Gasteiger partial charge in [0.15, 0.2) is 5.82 Å². The molecule has 12 heteroatoms. The summed E-state index contributed by atoms with van der Waals surface area (Å²) in [6, 6.07) is 15.1. The number of methoxy groups -OCH3 is 1. The molecule has 0 aliphatic heterocycles. The molecule has 0 fully saturated rings. The molecule has 5 aromatic rings. The summed E-state index contributed by atoms with van der Waals surface area (Å²) < 4.78 is 5.08. The average Bonchev–Trinajstić information content (AvgIpc) is 2.97. The Kier molecular flexibility index (Phi) is 7.49. The maximum Gasteiger partial charge on any atom is 0.270 e. The molecule has 0 aliphatic carbocycles. The van der Waals surface area contributed by atoms with Crippen LogP contribution in [0.3, 0.4) is 0 Å². The van der Waals surface area contributed by atoms with E-state index in [9.17, 15) is 9.59 Å². The maximum absolute atomic E-state index is 12.9. The second kappa shape index (κ2) is 11.5. The zero-order valence-electron chi connectivity index (χ0n) is 21.9. The van der Waals surface area contributed by atoms with Crippen LogP contribution < -0.4 is 20.9 Å². The highest BCUT2D eigenvalue weighted by Crippen LogP contribution is 2.21. The average molecular weight is 536 g/mol. The van der Waals surface area contributed by atoms with Gasteiger partial charge in [0.25, 0.3) is 5.91 Å². The van der Waals surface area contributed by atoms with Crippen molar-refractivity contribution in [2.24, 2.45) is 0 Å². The molecule has 0 aliphatic rings. The zero-order valence-corrected chi connectivity index (χ0v) is 21.9. The van der Waals surface area contributed by atoms with Crippen molar-refractivity contribution in [2.45, 2.75) is 19.9 Å². The lowest BCUT2D eigenvalue weighted by Crippen LogP contribution is -2.28. The van der Waals surface area contributed by atoms with Crippen LogP contribution in [0.25, 0.3) is 22.6 Å². The number of anilines is 2. The molecule has 0 saturated carbocycles. The smallest absolute Gasteiger partial charge is 0.270 e. The van der Waals surface area contributed by atoms with Gasteiger partial charge in [0, 0.05) is 59.3 Å². The summed E-state index contributed by atoms with van der Waals surface area (Å²) in [5, 5.41) is 14.5. The van der Waals surface area contributed by atoms with E-state index in [1.807, 2.05) is 26.0 Å². The van der Waals surface area contributed by atoms with Gasteiger partial charge in [0.1, 0.15) is 11.5 Å². The Labute approximate surface area is 229 Å². The summed E-state index contributed by atoms with van der Waals surface area (Å²) in [6.45, 7) is 3.66. The zero-order chi connectivity index (χ0) is 28.1. The molecular formula is C28H25N9O3. The number of carbonyl (C=O) groups is 1. The first-order valence-corrected chi connectivity index (χ1v) is 12.3. The van der Waals surface area contributed by atoms with Gasteiger partial charge in [-0.3, -0.25) is 14.6 Å². The molecule has 0 radical (unpaired) electrons. The van der Waals surface area contributed by atoms with E-state index in [0.29, 0.717) is 40.2 Å². The molecule has 5 aromatic heterocycles. The normalized spacial score (nSPS) is 11.5.